The highest BCUT2D eigenvalue weighted by Crippen LogP contribution is 2.39. The number of nitrogens with one attached hydrogen (secondary N) is 3. The zero-order valence-corrected chi connectivity index (χ0v) is 22.1. The summed E-state index contributed by atoms with van der Waals surface area (Å²) < 4.78 is 27.5. The van der Waals surface area contributed by atoms with E-state index in [1.165, 1.54) is 24.6 Å². The van der Waals surface area contributed by atoms with Crippen LogP contribution in [0.25, 0.3) is 0 Å². The lowest BCUT2D eigenvalue weighted by molar-refractivity contribution is -0.120. The minimum absolute atomic E-state index is 0.0380. The molecule has 0 saturated heterocycles. The summed E-state index contributed by atoms with van der Waals surface area (Å²) in [4.78, 5) is 22.9. The Morgan fingerprint density at radius 3 is 2.35 bits per heavy atom. The van der Waals surface area contributed by atoms with Gasteiger partial charge in [0.25, 0.3) is 0 Å². The lowest BCUT2D eigenvalue weighted by atomic mass is 9.73. The van der Waals surface area contributed by atoms with Crippen molar-refractivity contribution in [3.63, 3.8) is 0 Å². The molecule has 0 heterocycles. The van der Waals surface area contributed by atoms with Gasteiger partial charge < -0.3 is 21.1 Å². The van der Waals surface area contributed by atoms with Gasteiger partial charge in [0.1, 0.15) is 11.6 Å². The highest BCUT2D eigenvalue weighted by molar-refractivity contribution is 5.73. The first-order valence-electron chi connectivity index (χ1n) is 12.9. The van der Waals surface area contributed by atoms with Crippen molar-refractivity contribution in [2.24, 2.45) is 0 Å². The summed E-state index contributed by atoms with van der Waals surface area (Å²) in [6.07, 6.45) is 2.86. The van der Waals surface area contributed by atoms with E-state index in [4.69, 9.17) is 0 Å². The van der Waals surface area contributed by atoms with Crippen LogP contribution in [0.3, 0.4) is 0 Å². The number of amides is 2. The van der Waals surface area contributed by atoms with Gasteiger partial charge in [0.15, 0.2) is 0 Å². The molecule has 2 atom stereocenters. The minimum Gasteiger partial charge on any atom is -0.390 e. The molecule has 1 fully saturated rings. The summed E-state index contributed by atoms with van der Waals surface area (Å²) in [5.41, 5.74) is 2.19. The summed E-state index contributed by atoms with van der Waals surface area (Å²) in [6, 6.07) is 11.0. The molecule has 2 amide bonds. The van der Waals surface area contributed by atoms with Crippen molar-refractivity contribution in [1.82, 2.24) is 16.0 Å². The normalized spacial score (nSPS) is 21.6. The maximum absolute atomic E-state index is 13.7. The summed E-state index contributed by atoms with van der Waals surface area (Å²) in [5, 5.41) is 20.4. The van der Waals surface area contributed by atoms with Gasteiger partial charge in [0, 0.05) is 31.1 Å². The van der Waals surface area contributed by atoms with Gasteiger partial charge in [-0.15, -0.1) is 0 Å². The molecule has 8 heteroatoms. The van der Waals surface area contributed by atoms with Crippen molar-refractivity contribution in [3.05, 3.63) is 70.8 Å². The summed E-state index contributed by atoms with van der Waals surface area (Å²) in [5.74, 6) is -1.75. The molecule has 0 radical (unpaired) electrons. The van der Waals surface area contributed by atoms with Crippen LogP contribution in [0.4, 0.5) is 8.78 Å². The van der Waals surface area contributed by atoms with Gasteiger partial charge in [0.05, 0.1) is 12.1 Å². The van der Waals surface area contributed by atoms with Crippen molar-refractivity contribution < 1.29 is 23.5 Å². The summed E-state index contributed by atoms with van der Waals surface area (Å²) >= 11 is 0. The van der Waals surface area contributed by atoms with Crippen LogP contribution in [0.2, 0.25) is 0 Å². The van der Waals surface area contributed by atoms with E-state index in [-0.39, 0.29) is 30.3 Å². The van der Waals surface area contributed by atoms with Gasteiger partial charge >= 0.3 is 0 Å². The fourth-order valence-electron chi connectivity index (χ4n) is 5.19. The number of halogens is 2. The zero-order valence-electron chi connectivity index (χ0n) is 22.1. The minimum atomic E-state index is -1.01. The Balaban J connectivity index is 1.84. The molecule has 1 saturated carbocycles. The largest absolute Gasteiger partial charge is 0.390 e. The van der Waals surface area contributed by atoms with E-state index < -0.39 is 29.3 Å². The Morgan fingerprint density at radius 1 is 1.14 bits per heavy atom. The highest BCUT2D eigenvalue weighted by atomic mass is 19.1. The standard InChI is InChI=1S/C29H39F2N3O3/c1-19(36)34-26(14-20-12-23(30)16-24(31)13-20)27(37)17-33-29(10-8-25(9-11-29)32-18-35)22-7-5-6-21(15-22)28(2,3)4/h5-7,12-13,15-16,18,25-27,33,37H,8-11,14,17H2,1-4H3,(H,32,35)(H,34,36)/t25?,26-,27-,29?/m0/s1. The molecule has 202 valence electrons. The molecule has 1 aliphatic carbocycles. The van der Waals surface area contributed by atoms with Crippen molar-refractivity contribution in [2.75, 3.05) is 6.54 Å². The fourth-order valence-corrected chi connectivity index (χ4v) is 5.19. The molecule has 6 nitrogen and oxygen atoms in total. The lowest BCUT2D eigenvalue weighted by Crippen LogP contribution is -2.54. The van der Waals surface area contributed by atoms with Gasteiger partial charge in [-0.05, 0) is 66.3 Å². The van der Waals surface area contributed by atoms with Gasteiger partial charge in [0.2, 0.25) is 12.3 Å². The SMILES string of the molecule is CC(=O)N[C@@H](Cc1cc(F)cc(F)c1)[C@@H](O)CNC1(c2cccc(C(C)(C)C)c2)CCC(NC=O)CC1. The third kappa shape index (κ3) is 7.82. The number of rotatable bonds is 10. The summed E-state index contributed by atoms with van der Waals surface area (Å²) in [7, 11) is 0. The van der Waals surface area contributed by atoms with E-state index in [1.54, 1.807) is 0 Å². The Bertz CT molecular complexity index is 1060. The molecule has 0 aromatic heterocycles. The maximum atomic E-state index is 13.7. The average molecular weight is 516 g/mol. The Morgan fingerprint density at radius 2 is 1.78 bits per heavy atom. The first-order chi connectivity index (χ1) is 17.4. The molecule has 2 aromatic rings. The topological polar surface area (TPSA) is 90.5 Å². The molecule has 3 rings (SSSR count). The van der Waals surface area contributed by atoms with E-state index in [0.717, 1.165) is 43.7 Å². The molecule has 0 spiro atoms. The Hall–Kier alpha value is -2.84. The van der Waals surface area contributed by atoms with Crippen LogP contribution in [0.15, 0.2) is 42.5 Å². The van der Waals surface area contributed by atoms with Gasteiger partial charge in [-0.1, -0.05) is 45.0 Å². The van der Waals surface area contributed by atoms with E-state index in [2.05, 4.69) is 54.9 Å². The smallest absolute Gasteiger partial charge is 0.217 e. The predicted octanol–water partition coefficient (Wildman–Crippen LogP) is 3.84. The van der Waals surface area contributed by atoms with Crippen LogP contribution in [0, 0.1) is 11.6 Å². The number of carbonyl (C=O) groups excluding carboxylic acids is 2. The molecule has 1 aliphatic rings. The second kappa shape index (κ2) is 12.1. The molecular formula is C29H39F2N3O3. The maximum Gasteiger partial charge on any atom is 0.217 e. The van der Waals surface area contributed by atoms with Crippen LogP contribution in [-0.2, 0) is 27.0 Å². The monoisotopic (exact) mass is 515 g/mol. The highest BCUT2D eigenvalue weighted by Gasteiger charge is 2.38. The number of carbonyl (C=O) groups is 2. The predicted molar refractivity (Wildman–Crippen MR) is 140 cm³/mol. The first kappa shape index (κ1) is 28.7. The second-order valence-electron chi connectivity index (χ2n) is 11.2. The van der Waals surface area contributed by atoms with Crippen LogP contribution in [0.1, 0.15) is 70.1 Å². The number of hydrogen-bond donors (Lipinski definition) is 4. The van der Waals surface area contributed by atoms with Crippen molar-refractivity contribution in [1.29, 1.82) is 0 Å². The van der Waals surface area contributed by atoms with Crippen LogP contribution >= 0.6 is 0 Å². The first-order valence-corrected chi connectivity index (χ1v) is 12.9. The third-order valence-electron chi connectivity index (χ3n) is 7.30. The van der Waals surface area contributed by atoms with Gasteiger partial charge in [-0.25, -0.2) is 8.78 Å². The van der Waals surface area contributed by atoms with Crippen molar-refractivity contribution in [2.45, 2.75) is 88.9 Å². The van der Waals surface area contributed by atoms with Gasteiger partial charge in [-0.3, -0.25) is 9.59 Å². The number of aliphatic hydroxyl groups is 1. The molecule has 0 bridgehead atoms. The Labute approximate surface area is 218 Å². The molecule has 0 unspecified atom stereocenters. The molecule has 2 aromatic carbocycles. The fraction of sp³-hybridized carbons (Fsp3) is 0.517. The molecule has 37 heavy (non-hydrogen) atoms. The van der Waals surface area contributed by atoms with E-state index in [0.29, 0.717) is 5.56 Å². The average Bonchev–Trinajstić information content (AvgIpc) is 2.82. The van der Waals surface area contributed by atoms with Crippen molar-refractivity contribution >= 4 is 12.3 Å². The van der Waals surface area contributed by atoms with Crippen LogP contribution in [0.5, 0.6) is 0 Å². The lowest BCUT2D eigenvalue weighted by Gasteiger charge is -2.43. The number of benzene rings is 2. The molecule has 0 aliphatic heterocycles. The quantitative estimate of drug-likeness (QED) is 0.362. The molecule has 4 N–H and O–H groups in total. The van der Waals surface area contributed by atoms with E-state index in [9.17, 15) is 23.5 Å². The Kier molecular flexibility index (Phi) is 9.42. The third-order valence-corrected chi connectivity index (χ3v) is 7.30. The van der Waals surface area contributed by atoms with E-state index >= 15 is 0 Å². The van der Waals surface area contributed by atoms with E-state index in [1.807, 2.05) is 6.07 Å². The number of aliphatic hydroxyl groups excluding tert-OH is 1. The van der Waals surface area contributed by atoms with Crippen molar-refractivity contribution in [3.8, 4) is 0 Å². The van der Waals surface area contributed by atoms with Crippen LogP contribution in [-0.4, -0.2) is 42.2 Å². The van der Waals surface area contributed by atoms with Gasteiger partial charge in [-0.2, -0.15) is 0 Å². The second-order valence-corrected chi connectivity index (χ2v) is 11.2. The zero-order chi connectivity index (χ0) is 27.2. The summed E-state index contributed by atoms with van der Waals surface area (Å²) in [6.45, 7) is 7.99. The number of hydrogen-bond acceptors (Lipinski definition) is 4. The van der Waals surface area contributed by atoms with Crippen LogP contribution < -0.4 is 16.0 Å². The molecular weight excluding hydrogens is 476 g/mol.